The van der Waals surface area contributed by atoms with Crippen LogP contribution in [-0.4, -0.2) is 46.4 Å². The minimum atomic E-state index is -3.60. The van der Waals surface area contributed by atoms with Gasteiger partial charge in [0, 0.05) is 24.5 Å². The van der Waals surface area contributed by atoms with Crippen molar-refractivity contribution in [2.75, 3.05) is 27.2 Å². The molecule has 2 aromatic rings. The molecule has 0 saturated carbocycles. The van der Waals surface area contributed by atoms with Crippen LogP contribution in [0.25, 0.3) is 0 Å². The van der Waals surface area contributed by atoms with Crippen molar-refractivity contribution in [2.24, 2.45) is 0 Å². The number of carbonyl (C=O) groups is 1. The summed E-state index contributed by atoms with van der Waals surface area (Å²) in [6, 6.07) is 15.5. The summed E-state index contributed by atoms with van der Waals surface area (Å²) in [4.78, 5) is 14.3. The number of hydrogen-bond acceptors (Lipinski definition) is 4. The van der Waals surface area contributed by atoms with Gasteiger partial charge in [-0.15, -0.1) is 0 Å². The lowest BCUT2D eigenvalue weighted by atomic mass is 10.1. The number of rotatable bonds is 9. The Balaban J connectivity index is 1.86. The molecule has 0 aromatic heterocycles. The Morgan fingerprint density at radius 3 is 2.33 bits per heavy atom. The van der Waals surface area contributed by atoms with E-state index in [1.54, 1.807) is 18.2 Å². The summed E-state index contributed by atoms with van der Waals surface area (Å²) in [7, 11) is 0.217. The Hall–Kier alpha value is -1.93. The van der Waals surface area contributed by atoms with Crippen molar-refractivity contribution in [1.29, 1.82) is 0 Å². The van der Waals surface area contributed by atoms with E-state index in [2.05, 4.69) is 10.0 Å². The van der Waals surface area contributed by atoms with Crippen molar-refractivity contribution in [3.63, 3.8) is 0 Å². The molecule has 1 amide bonds. The van der Waals surface area contributed by atoms with E-state index >= 15 is 0 Å². The van der Waals surface area contributed by atoms with Gasteiger partial charge in [0.05, 0.1) is 10.9 Å². The summed E-state index contributed by atoms with van der Waals surface area (Å²) in [5.74, 6) is -0.232. The minimum absolute atomic E-state index is 0.0295. The summed E-state index contributed by atoms with van der Waals surface area (Å²) in [6.45, 7) is 0.406. The molecule has 0 bridgehead atoms. The minimum Gasteiger partial charge on any atom is -0.354 e. The van der Waals surface area contributed by atoms with E-state index in [1.165, 1.54) is 12.1 Å². The number of nitrogens with one attached hydrogen (secondary N) is 2. The van der Waals surface area contributed by atoms with Crippen LogP contribution in [0.1, 0.15) is 18.0 Å². The van der Waals surface area contributed by atoms with E-state index in [4.69, 9.17) is 11.6 Å². The van der Waals surface area contributed by atoms with E-state index in [9.17, 15) is 13.2 Å². The molecule has 0 aliphatic heterocycles. The summed E-state index contributed by atoms with van der Waals surface area (Å²) in [5, 5.41) is 3.48. The topological polar surface area (TPSA) is 78.5 Å². The fraction of sp³-hybridized carbons (Fsp3) is 0.316. The first-order valence-electron chi connectivity index (χ1n) is 8.53. The molecule has 1 unspecified atom stereocenters. The second kappa shape index (κ2) is 9.85. The second-order valence-electron chi connectivity index (χ2n) is 6.27. The average molecular weight is 410 g/mol. The van der Waals surface area contributed by atoms with Crippen molar-refractivity contribution < 1.29 is 13.2 Å². The highest BCUT2D eigenvalue weighted by Gasteiger charge is 2.18. The molecule has 0 saturated heterocycles. The lowest BCUT2D eigenvalue weighted by Crippen LogP contribution is -2.36. The number of amides is 1. The van der Waals surface area contributed by atoms with Gasteiger partial charge in [0.2, 0.25) is 15.9 Å². The molecule has 146 valence electrons. The molecule has 8 heteroatoms. The van der Waals surface area contributed by atoms with Crippen LogP contribution in [0.5, 0.6) is 0 Å². The molecule has 27 heavy (non-hydrogen) atoms. The molecule has 0 radical (unpaired) electrons. The molecular formula is C19H24ClN3O3S. The zero-order valence-corrected chi connectivity index (χ0v) is 16.9. The maximum atomic E-state index is 12.1. The first kappa shape index (κ1) is 21.4. The SMILES string of the molecule is CN(C)C(CNC(=O)CCNS(=O)(=O)c1ccccc1)c1ccccc1Cl. The van der Waals surface area contributed by atoms with E-state index in [1.807, 2.05) is 43.3 Å². The van der Waals surface area contributed by atoms with Crippen LogP contribution < -0.4 is 10.0 Å². The van der Waals surface area contributed by atoms with Crippen LogP contribution >= 0.6 is 11.6 Å². The molecule has 0 aliphatic rings. The average Bonchev–Trinajstić information content (AvgIpc) is 2.63. The summed E-state index contributed by atoms with van der Waals surface area (Å²) in [6.07, 6.45) is 0.0503. The van der Waals surface area contributed by atoms with Gasteiger partial charge in [-0.25, -0.2) is 13.1 Å². The van der Waals surface area contributed by atoms with Gasteiger partial charge < -0.3 is 10.2 Å². The van der Waals surface area contributed by atoms with Crippen LogP contribution in [0.15, 0.2) is 59.5 Å². The van der Waals surface area contributed by atoms with Crippen LogP contribution in [0.2, 0.25) is 5.02 Å². The van der Waals surface area contributed by atoms with Gasteiger partial charge in [0.1, 0.15) is 0 Å². The van der Waals surface area contributed by atoms with Crippen molar-refractivity contribution in [2.45, 2.75) is 17.4 Å². The number of nitrogens with zero attached hydrogens (tertiary/aromatic N) is 1. The molecule has 1 atom stereocenters. The molecule has 2 rings (SSSR count). The fourth-order valence-electron chi connectivity index (χ4n) is 2.60. The van der Waals surface area contributed by atoms with Crippen molar-refractivity contribution >= 4 is 27.5 Å². The van der Waals surface area contributed by atoms with Crippen LogP contribution in [0.4, 0.5) is 0 Å². The number of carbonyl (C=O) groups excluding carboxylic acids is 1. The first-order valence-corrected chi connectivity index (χ1v) is 10.4. The lowest BCUT2D eigenvalue weighted by molar-refractivity contribution is -0.121. The Bertz CT molecular complexity index is 858. The number of hydrogen-bond donors (Lipinski definition) is 2. The number of halogens is 1. The summed E-state index contributed by atoms with van der Waals surface area (Å²) in [5.41, 5.74) is 0.925. The van der Waals surface area contributed by atoms with Gasteiger partial charge >= 0.3 is 0 Å². The van der Waals surface area contributed by atoms with Crippen molar-refractivity contribution in [1.82, 2.24) is 14.9 Å². The molecule has 2 aromatic carbocycles. The second-order valence-corrected chi connectivity index (χ2v) is 8.44. The van der Waals surface area contributed by atoms with Crippen molar-refractivity contribution in [3.05, 3.63) is 65.2 Å². The molecule has 2 N–H and O–H groups in total. The monoisotopic (exact) mass is 409 g/mol. The number of likely N-dealkylation sites (N-methyl/N-ethyl adjacent to an activating group) is 1. The molecule has 0 heterocycles. The van der Waals surface area contributed by atoms with Crippen LogP contribution in [0, 0.1) is 0 Å². The smallest absolute Gasteiger partial charge is 0.240 e. The van der Waals surface area contributed by atoms with Crippen molar-refractivity contribution in [3.8, 4) is 0 Å². The van der Waals surface area contributed by atoms with Gasteiger partial charge in [-0.1, -0.05) is 48.0 Å². The fourth-order valence-corrected chi connectivity index (χ4v) is 3.91. The Morgan fingerprint density at radius 1 is 1.07 bits per heavy atom. The predicted octanol–water partition coefficient (Wildman–Crippen LogP) is 2.43. The quantitative estimate of drug-likeness (QED) is 0.666. The van der Waals surface area contributed by atoms with Gasteiger partial charge in [-0.2, -0.15) is 0 Å². The highest BCUT2D eigenvalue weighted by molar-refractivity contribution is 7.89. The highest BCUT2D eigenvalue weighted by Crippen LogP contribution is 2.25. The first-order chi connectivity index (χ1) is 12.8. The third-order valence-electron chi connectivity index (χ3n) is 4.08. The largest absolute Gasteiger partial charge is 0.354 e. The third-order valence-corrected chi connectivity index (χ3v) is 5.90. The van der Waals surface area contributed by atoms with E-state index < -0.39 is 10.0 Å². The summed E-state index contributed by atoms with van der Waals surface area (Å²) >= 11 is 6.25. The number of sulfonamides is 1. The Labute approximate surface area is 165 Å². The summed E-state index contributed by atoms with van der Waals surface area (Å²) < 4.78 is 26.7. The predicted molar refractivity (Wildman–Crippen MR) is 107 cm³/mol. The standard InChI is InChI=1S/C19H24ClN3O3S/c1-23(2)18(16-10-6-7-11-17(16)20)14-21-19(24)12-13-22-27(25,26)15-8-4-3-5-9-15/h3-11,18,22H,12-14H2,1-2H3,(H,21,24). The van der Waals surface area contributed by atoms with Gasteiger partial charge in [-0.05, 0) is 37.9 Å². The van der Waals surface area contributed by atoms with E-state index in [-0.39, 0.29) is 29.8 Å². The van der Waals surface area contributed by atoms with E-state index in [0.717, 1.165) is 5.56 Å². The van der Waals surface area contributed by atoms with Gasteiger partial charge in [0.25, 0.3) is 0 Å². The highest BCUT2D eigenvalue weighted by atomic mass is 35.5. The number of benzene rings is 2. The molecule has 0 spiro atoms. The maximum absolute atomic E-state index is 12.1. The molecule has 0 fully saturated rings. The normalized spacial score (nSPS) is 12.7. The van der Waals surface area contributed by atoms with E-state index in [0.29, 0.717) is 11.6 Å². The van der Waals surface area contributed by atoms with Gasteiger partial charge in [-0.3, -0.25) is 4.79 Å². The Kier molecular flexibility index (Phi) is 7.79. The zero-order valence-electron chi connectivity index (χ0n) is 15.4. The maximum Gasteiger partial charge on any atom is 0.240 e. The third kappa shape index (κ3) is 6.32. The molecule has 0 aliphatic carbocycles. The zero-order chi connectivity index (χ0) is 19.9. The lowest BCUT2D eigenvalue weighted by Gasteiger charge is -2.26. The Morgan fingerprint density at radius 2 is 1.70 bits per heavy atom. The van der Waals surface area contributed by atoms with Crippen LogP contribution in [0.3, 0.4) is 0 Å². The van der Waals surface area contributed by atoms with Crippen LogP contribution in [-0.2, 0) is 14.8 Å². The van der Waals surface area contributed by atoms with Gasteiger partial charge in [0.15, 0.2) is 0 Å². The molecule has 6 nitrogen and oxygen atoms in total. The molecular weight excluding hydrogens is 386 g/mol.